The largest absolute Gasteiger partial charge is 0.497 e. The van der Waals surface area contributed by atoms with E-state index in [2.05, 4.69) is 51.5 Å². The highest BCUT2D eigenvalue weighted by molar-refractivity contribution is 14.0. The van der Waals surface area contributed by atoms with Gasteiger partial charge < -0.3 is 25.0 Å². The molecule has 0 spiro atoms. The van der Waals surface area contributed by atoms with Gasteiger partial charge >= 0.3 is 0 Å². The van der Waals surface area contributed by atoms with Crippen LogP contribution in [0.1, 0.15) is 25.0 Å². The van der Waals surface area contributed by atoms with Crippen molar-refractivity contribution < 1.29 is 9.47 Å². The lowest BCUT2D eigenvalue weighted by atomic mass is 10.2. The zero-order valence-electron chi connectivity index (χ0n) is 17.9. The molecule has 1 aromatic heterocycles. The topological polar surface area (TPSA) is 71.0 Å². The lowest BCUT2D eigenvalue weighted by Gasteiger charge is -2.32. The molecule has 1 aliphatic rings. The molecule has 8 heteroatoms. The van der Waals surface area contributed by atoms with Gasteiger partial charge in [-0.1, -0.05) is 18.2 Å². The number of hydrogen-bond donors (Lipinski definition) is 2. The summed E-state index contributed by atoms with van der Waals surface area (Å²) in [6, 6.07) is 12.2. The smallest absolute Gasteiger partial charge is 0.191 e. The Balaban J connectivity index is 0.00000320. The molecule has 1 saturated heterocycles. The van der Waals surface area contributed by atoms with Crippen molar-refractivity contribution in [1.82, 2.24) is 15.6 Å². The summed E-state index contributed by atoms with van der Waals surface area (Å²) >= 11 is 0. The van der Waals surface area contributed by atoms with E-state index in [1.165, 1.54) is 5.56 Å². The van der Waals surface area contributed by atoms with E-state index in [9.17, 15) is 0 Å². The second kappa shape index (κ2) is 12.6. The second-order valence-electron chi connectivity index (χ2n) is 7.05. The van der Waals surface area contributed by atoms with Crippen LogP contribution in [0.4, 0.5) is 5.82 Å². The summed E-state index contributed by atoms with van der Waals surface area (Å²) in [5.41, 5.74) is 2.25. The molecule has 0 radical (unpaired) electrons. The Bertz CT molecular complexity index is 783. The number of aliphatic imine (C=N–C) groups is 1. The highest BCUT2D eigenvalue weighted by atomic mass is 127. The quantitative estimate of drug-likeness (QED) is 0.329. The molecule has 3 rings (SSSR count). The van der Waals surface area contributed by atoms with Gasteiger partial charge in [-0.15, -0.1) is 24.0 Å². The van der Waals surface area contributed by atoms with Crippen LogP contribution >= 0.6 is 24.0 Å². The zero-order chi connectivity index (χ0) is 20.5. The van der Waals surface area contributed by atoms with Crippen molar-refractivity contribution >= 4 is 35.8 Å². The number of rotatable bonds is 7. The van der Waals surface area contributed by atoms with Gasteiger partial charge in [0.25, 0.3) is 0 Å². The van der Waals surface area contributed by atoms with Crippen LogP contribution in [0.2, 0.25) is 0 Å². The van der Waals surface area contributed by atoms with Crippen LogP contribution in [0, 0.1) is 0 Å². The van der Waals surface area contributed by atoms with Crippen molar-refractivity contribution in [2.75, 3.05) is 38.3 Å². The number of nitrogens with one attached hydrogen (secondary N) is 2. The van der Waals surface area contributed by atoms with Crippen molar-refractivity contribution in [2.24, 2.45) is 4.99 Å². The molecule has 2 heterocycles. The van der Waals surface area contributed by atoms with Crippen molar-refractivity contribution in [3.63, 3.8) is 0 Å². The van der Waals surface area contributed by atoms with E-state index in [4.69, 9.17) is 9.47 Å². The third kappa shape index (κ3) is 7.32. The molecular weight excluding hydrogens is 493 g/mol. The summed E-state index contributed by atoms with van der Waals surface area (Å²) in [4.78, 5) is 11.6. The van der Waals surface area contributed by atoms with Crippen LogP contribution in [0.25, 0.3) is 0 Å². The van der Waals surface area contributed by atoms with Gasteiger partial charge in [-0.25, -0.2) is 9.98 Å². The highest BCUT2D eigenvalue weighted by Gasteiger charge is 2.17. The fourth-order valence-electron chi connectivity index (χ4n) is 3.17. The number of pyridine rings is 1. The van der Waals surface area contributed by atoms with Gasteiger partial charge in [0, 0.05) is 32.4 Å². The summed E-state index contributed by atoms with van der Waals surface area (Å²) in [6.45, 7) is 8.74. The van der Waals surface area contributed by atoms with Crippen molar-refractivity contribution in [3.8, 4) is 5.75 Å². The van der Waals surface area contributed by atoms with E-state index in [0.717, 1.165) is 49.3 Å². The average Bonchev–Trinajstić information content (AvgIpc) is 2.76. The molecule has 1 fully saturated rings. The Morgan fingerprint density at radius 2 is 1.97 bits per heavy atom. The van der Waals surface area contributed by atoms with Gasteiger partial charge in [-0.3, -0.25) is 0 Å². The monoisotopic (exact) mass is 525 g/mol. The minimum absolute atomic E-state index is 0. The normalized spacial score (nSPS) is 16.6. The lowest BCUT2D eigenvalue weighted by molar-refractivity contribution is 0.0529. The Labute approximate surface area is 196 Å². The fraction of sp³-hybridized carbons (Fsp3) is 0.455. The van der Waals surface area contributed by atoms with E-state index in [1.54, 1.807) is 7.11 Å². The number of aromatic nitrogens is 1. The second-order valence-corrected chi connectivity index (χ2v) is 7.05. The average molecular weight is 525 g/mol. The summed E-state index contributed by atoms with van der Waals surface area (Å²) in [5, 5.41) is 6.65. The van der Waals surface area contributed by atoms with Crippen LogP contribution < -0.4 is 20.3 Å². The number of anilines is 1. The fourth-order valence-corrected chi connectivity index (χ4v) is 3.17. The van der Waals surface area contributed by atoms with Gasteiger partial charge in [0.05, 0.1) is 26.4 Å². The third-order valence-corrected chi connectivity index (χ3v) is 4.76. The lowest BCUT2D eigenvalue weighted by Crippen LogP contribution is -2.41. The minimum atomic E-state index is 0. The maximum Gasteiger partial charge on any atom is 0.191 e. The molecule has 1 atom stereocenters. The molecule has 0 bridgehead atoms. The van der Waals surface area contributed by atoms with Crippen molar-refractivity contribution in [1.29, 1.82) is 0 Å². The Morgan fingerprint density at radius 3 is 2.60 bits per heavy atom. The van der Waals surface area contributed by atoms with Crippen LogP contribution in [0.3, 0.4) is 0 Å². The number of ether oxygens (including phenoxy) is 2. The highest BCUT2D eigenvalue weighted by Crippen LogP contribution is 2.16. The molecule has 0 aliphatic carbocycles. The minimum Gasteiger partial charge on any atom is -0.497 e. The molecule has 164 valence electrons. The number of guanidine groups is 1. The first kappa shape index (κ1) is 24.2. The molecular formula is C22H32IN5O2. The van der Waals surface area contributed by atoms with Gasteiger partial charge in [0.15, 0.2) is 5.96 Å². The SMILES string of the molecule is CCNC(=NCc1ccc(N2CCOC(C)C2)nc1)NCc1ccc(OC)cc1.I. The number of benzene rings is 1. The molecule has 1 aromatic carbocycles. The maximum absolute atomic E-state index is 5.60. The first-order chi connectivity index (χ1) is 14.2. The van der Waals surface area contributed by atoms with E-state index in [-0.39, 0.29) is 30.1 Å². The van der Waals surface area contributed by atoms with Crippen LogP contribution in [0.5, 0.6) is 5.75 Å². The molecule has 30 heavy (non-hydrogen) atoms. The van der Waals surface area contributed by atoms with Gasteiger partial charge in [-0.2, -0.15) is 0 Å². The van der Waals surface area contributed by atoms with Gasteiger partial charge in [0.2, 0.25) is 0 Å². The van der Waals surface area contributed by atoms with Crippen LogP contribution in [-0.4, -0.2) is 50.4 Å². The van der Waals surface area contributed by atoms with E-state index in [1.807, 2.05) is 30.5 Å². The maximum atomic E-state index is 5.60. The summed E-state index contributed by atoms with van der Waals surface area (Å²) < 4.78 is 10.8. The Hall–Kier alpha value is -2.07. The number of halogens is 1. The standard InChI is InChI=1S/C22H31N5O2.HI/c1-4-23-22(25-13-18-5-8-20(28-3)9-6-18)26-15-19-7-10-21(24-14-19)27-11-12-29-17(2)16-27;/h5-10,14,17H,4,11-13,15-16H2,1-3H3,(H2,23,25,26);1H. The molecule has 2 N–H and O–H groups in total. The predicted molar refractivity (Wildman–Crippen MR) is 132 cm³/mol. The molecule has 0 amide bonds. The van der Waals surface area contributed by atoms with E-state index < -0.39 is 0 Å². The predicted octanol–water partition coefficient (Wildman–Crippen LogP) is 3.19. The molecule has 7 nitrogen and oxygen atoms in total. The Morgan fingerprint density at radius 1 is 1.20 bits per heavy atom. The van der Waals surface area contributed by atoms with Crippen molar-refractivity contribution in [2.45, 2.75) is 33.0 Å². The third-order valence-electron chi connectivity index (χ3n) is 4.76. The van der Waals surface area contributed by atoms with Gasteiger partial charge in [0.1, 0.15) is 11.6 Å². The first-order valence-corrected chi connectivity index (χ1v) is 10.1. The molecule has 2 aromatic rings. The van der Waals surface area contributed by atoms with Crippen LogP contribution in [0.15, 0.2) is 47.6 Å². The Kier molecular flexibility index (Phi) is 10.2. The first-order valence-electron chi connectivity index (χ1n) is 10.1. The zero-order valence-corrected chi connectivity index (χ0v) is 20.3. The summed E-state index contributed by atoms with van der Waals surface area (Å²) in [7, 11) is 1.67. The van der Waals surface area contributed by atoms with Gasteiger partial charge in [-0.05, 0) is 43.2 Å². The van der Waals surface area contributed by atoms with Crippen molar-refractivity contribution in [3.05, 3.63) is 53.7 Å². The molecule has 1 unspecified atom stereocenters. The van der Waals surface area contributed by atoms with Crippen LogP contribution in [-0.2, 0) is 17.8 Å². The van der Waals surface area contributed by atoms with E-state index >= 15 is 0 Å². The number of nitrogens with zero attached hydrogens (tertiary/aromatic N) is 3. The molecule has 0 saturated carbocycles. The van der Waals surface area contributed by atoms with E-state index in [0.29, 0.717) is 13.1 Å². The number of hydrogen-bond acceptors (Lipinski definition) is 5. The number of morpholine rings is 1. The molecule has 1 aliphatic heterocycles. The summed E-state index contributed by atoms with van der Waals surface area (Å²) in [6.07, 6.45) is 2.15. The summed E-state index contributed by atoms with van der Waals surface area (Å²) in [5.74, 6) is 2.64. The number of methoxy groups -OCH3 is 1.